The minimum absolute atomic E-state index is 0.0172. The van der Waals surface area contributed by atoms with Crippen molar-refractivity contribution >= 4 is 39.0 Å². The van der Waals surface area contributed by atoms with E-state index in [0.717, 1.165) is 12.3 Å². The predicted octanol–water partition coefficient (Wildman–Crippen LogP) is 2.27. The summed E-state index contributed by atoms with van der Waals surface area (Å²) in [6.45, 7) is -0.468. The predicted molar refractivity (Wildman–Crippen MR) is 96.0 cm³/mol. The van der Waals surface area contributed by atoms with E-state index in [9.17, 15) is 18.0 Å². The number of esters is 1. The molecule has 0 aliphatic carbocycles. The number of nitrogens with one attached hydrogen (secondary N) is 1. The number of ether oxygens (including phenoxy) is 3. The number of hydrogen-bond acceptors (Lipinski definition) is 7. The molecule has 8 nitrogen and oxygen atoms in total. The Balaban J connectivity index is 1.63. The highest BCUT2D eigenvalue weighted by Gasteiger charge is 2.18. The van der Waals surface area contributed by atoms with Gasteiger partial charge < -0.3 is 19.5 Å². The van der Waals surface area contributed by atoms with Gasteiger partial charge in [-0.2, -0.15) is 0 Å². The first-order valence-electron chi connectivity index (χ1n) is 7.60. The lowest BCUT2D eigenvalue weighted by atomic mass is 10.2. The van der Waals surface area contributed by atoms with Crippen molar-refractivity contribution in [2.45, 2.75) is 4.90 Å². The van der Waals surface area contributed by atoms with Crippen LogP contribution in [0.1, 0.15) is 10.4 Å². The van der Waals surface area contributed by atoms with Crippen molar-refractivity contribution in [3.8, 4) is 11.5 Å². The molecule has 0 radical (unpaired) electrons. The van der Waals surface area contributed by atoms with Crippen LogP contribution in [0.2, 0.25) is 5.02 Å². The van der Waals surface area contributed by atoms with Crippen LogP contribution >= 0.6 is 11.6 Å². The van der Waals surface area contributed by atoms with Gasteiger partial charge in [-0.3, -0.25) is 4.79 Å². The molecule has 1 N–H and O–H groups in total. The average molecular weight is 412 g/mol. The van der Waals surface area contributed by atoms with Gasteiger partial charge in [-0.05, 0) is 30.3 Å². The van der Waals surface area contributed by atoms with E-state index in [1.807, 2.05) is 0 Å². The Morgan fingerprint density at radius 2 is 1.89 bits per heavy atom. The molecular formula is C17H14ClNO7S. The molecule has 2 aromatic rings. The molecule has 1 aliphatic rings. The summed E-state index contributed by atoms with van der Waals surface area (Å²) in [5, 5.41) is 2.57. The zero-order valence-electron chi connectivity index (χ0n) is 14.0. The van der Waals surface area contributed by atoms with Gasteiger partial charge in [0.2, 0.25) is 6.79 Å². The molecule has 0 atom stereocenters. The molecule has 0 saturated carbocycles. The lowest BCUT2D eigenvalue weighted by Crippen LogP contribution is -2.21. The molecule has 3 rings (SSSR count). The molecule has 1 amide bonds. The summed E-state index contributed by atoms with van der Waals surface area (Å²) in [7, 11) is -3.52. The largest absolute Gasteiger partial charge is 0.454 e. The fourth-order valence-corrected chi connectivity index (χ4v) is 3.11. The minimum atomic E-state index is -3.52. The first kappa shape index (κ1) is 19.0. The summed E-state index contributed by atoms with van der Waals surface area (Å²) in [5.74, 6) is -0.432. The highest BCUT2D eigenvalue weighted by molar-refractivity contribution is 7.90. The van der Waals surface area contributed by atoms with Gasteiger partial charge in [0, 0.05) is 18.0 Å². The summed E-state index contributed by atoms with van der Waals surface area (Å²) >= 11 is 5.92. The lowest BCUT2D eigenvalue weighted by Gasteiger charge is -2.09. The number of sulfone groups is 1. The van der Waals surface area contributed by atoms with Crippen LogP contribution < -0.4 is 14.8 Å². The Kier molecular flexibility index (Phi) is 5.24. The fourth-order valence-electron chi connectivity index (χ4n) is 2.27. The Bertz CT molecular complexity index is 1020. The second kappa shape index (κ2) is 7.45. The maximum absolute atomic E-state index is 12.1. The summed E-state index contributed by atoms with van der Waals surface area (Å²) in [6.07, 6.45) is 1.00. The van der Waals surface area contributed by atoms with Crippen LogP contribution in [0.4, 0.5) is 5.69 Å². The van der Waals surface area contributed by atoms with Gasteiger partial charge >= 0.3 is 5.97 Å². The van der Waals surface area contributed by atoms with Crippen LogP contribution in [-0.4, -0.2) is 39.9 Å². The van der Waals surface area contributed by atoms with Crippen molar-refractivity contribution in [2.75, 3.05) is 25.0 Å². The second-order valence-electron chi connectivity index (χ2n) is 5.61. The Morgan fingerprint density at radius 1 is 1.15 bits per heavy atom. The molecular weight excluding hydrogens is 398 g/mol. The third-order valence-electron chi connectivity index (χ3n) is 3.58. The number of halogens is 1. The number of hydrogen-bond donors (Lipinski definition) is 1. The van der Waals surface area contributed by atoms with E-state index in [4.69, 9.17) is 25.8 Å². The van der Waals surface area contributed by atoms with Crippen LogP contribution in [0.25, 0.3) is 0 Å². The van der Waals surface area contributed by atoms with Gasteiger partial charge in [-0.25, -0.2) is 13.2 Å². The quantitative estimate of drug-likeness (QED) is 0.752. The summed E-state index contributed by atoms with van der Waals surface area (Å²) in [6, 6.07) is 8.49. The van der Waals surface area contributed by atoms with Crippen LogP contribution in [0.5, 0.6) is 11.5 Å². The van der Waals surface area contributed by atoms with Crippen molar-refractivity contribution in [1.29, 1.82) is 0 Å². The molecule has 2 aromatic carbocycles. The van der Waals surface area contributed by atoms with Gasteiger partial charge in [-0.15, -0.1) is 0 Å². The number of amides is 1. The molecule has 0 aromatic heterocycles. The van der Waals surface area contributed by atoms with Crippen LogP contribution in [-0.2, 0) is 19.4 Å². The number of carbonyl (C=O) groups excluding carboxylic acids is 2. The standard InChI is InChI=1S/C17H14ClNO7S/c1-27(22,23)11-3-4-13(18)12(7-11)17(21)24-8-16(20)19-10-2-5-14-15(6-10)26-9-25-14/h2-7H,8-9H2,1H3,(H,19,20). The average Bonchev–Trinajstić information content (AvgIpc) is 3.06. The van der Waals surface area contributed by atoms with Crippen molar-refractivity contribution in [1.82, 2.24) is 0 Å². The van der Waals surface area contributed by atoms with Crippen LogP contribution in [0, 0.1) is 0 Å². The molecule has 10 heteroatoms. The molecule has 0 spiro atoms. The number of carbonyl (C=O) groups is 2. The van der Waals surface area contributed by atoms with Crippen LogP contribution in [0.3, 0.4) is 0 Å². The lowest BCUT2D eigenvalue weighted by molar-refractivity contribution is -0.119. The van der Waals surface area contributed by atoms with Gasteiger partial charge in [0.15, 0.2) is 27.9 Å². The van der Waals surface area contributed by atoms with Gasteiger partial charge in [-0.1, -0.05) is 11.6 Å². The first-order valence-corrected chi connectivity index (χ1v) is 9.87. The molecule has 0 saturated heterocycles. The molecule has 1 heterocycles. The van der Waals surface area contributed by atoms with Gasteiger partial charge in [0.05, 0.1) is 15.5 Å². The van der Waals surface area contributed by atoms with Crippen LogP contribution in [0.15, 0.2) is 41.3 Å². The van der Waals surface area contributed by atoms with Crippen molar-refractivity contribution in [2.24, 2.45) is 0 Å². The number of anilines is 1. The van der Waals surface area contributed by atoms with E-state index in [0.29, 0.717) is 17.2 Å². The monoisotopic (exact) mass is 411 g/mol. The SMILES string of the molecule is CS(=O)(=O)c1ccc(Cl)c(C(=O)OCC(=O)Nc2ccc3c(c2)OCO3)c1. The smallest absolute Gasteiger partial charge is 0.340 e. The van der Waals surface area contributed by atoms with E-state index in [1.54, 1.807) is 18.2 Å². The maximum atomic E-state index is 12.1. The second-order valence-corrected chi connectivity index (χ2v) is 8.03. The first-order chi connectivity index (χ1) is 12.7. The third kappa shape index (κ3) is 4.50. The summed E-state index contributed by atoms with van der Waals surface area (Å²) in [4.78, 5) is 24.0. The fraction of sp³-hybridized carbons (Fsp3) is 0.176. The highest BCUT2D eigenvalue weighted by Crippen LogP contribution is 2.34. The minimum Gasteiger partial charge on any atom is -0.454 e. The Morgan fingerprint density at radius 3 is 2.63 bits per heavy atom. The van der Waals surface area contributed by atoms with E-state index in [1.165, 1.54) is 12.1 Å². The normalized spacial score (nSPS) is 12.5. The number of benzene rings is 2. The Labute approximate surface area is 159 Å². The Hall–Kier alpha value is -2.78. The third-order valence-corrected chi connectivity index (χ3v) is 5.02. The molecule has 0 bridgehead atoms. The number of rotatable bonds is 5. The summed E-state index contributed by atoms with van der Waals surface area (Å²) in [5.41, 5.74) is 0.299. The molecule has 0 fully saturated rings. The molecule has 142 valence electrons. The van der Waals surface area contributed by atoms with Gasteiger partial charge in [0.25, 0.3) is 5.91 Å². The van der Waals surface area contributed by atoms with E-state index >= 15 is 0 Å². The van der Waals surface area contributed by atoms with Gasteiger partial charge in [0.1, 0.15) is 0 Å². The molecule has 1 aliphatic heterocycles. The van der Waals surface area contributed by atoms with E-state index in [-0.39, 0.29) is 22.3 Å². The van der Waals surface area contributed by atoms with E-state index < -0.39 is 28.3 Å². The van der Waals surface area contributed by atoms with Crippen molar-refractivity contribution in [3.05, 3.63) is 47.0 Å². The maximum Gasteiger partial charge on any atom is 0.340 e. The topological polar surface area (TPSA) is 108 Å². The molecule has 0 unspecified atom stereocenters. The number of fused-ring (bicyclic) bond motifs is 1. The molecule has 27 heavy (non-hydrogen) atoms. The van der Waals surface area contributed by atoms with Crippen molar-refractivity contribution < 1.29 is 32.2 Å². The van der Waals surface area contributed by atoms with Crippen molar-refractivity contribution in [3.63, 3.8) is 0 Å². The zero-order chi connectivity index (χ0) is 19.6. The van der Waals surface area contributed by atoms with E-state index in [2.05, 4.69) is 5.32 Å². The highest BCUT2D eigenvalue weighted by atomic mass is 35.5. The summed E-state index contributed by atoms with van der Waals surface area (Å²) < 4.78 is 38.5. The zero-order valence-corrected chi connectivity index (χ0v) is 15.6.